The van der Waals surface area contributed by atoms with Gasteiger partial charge in [-0.25, -0.2) is 0 Å². The fourth-order valence-electron chi connectivity index (χ4n) is 1.53. The van der Waals surface area contributed by atoms with Crippen molar-refractivity contribution in [2.24, 2.45) is 0 Å². The van der Waals surface area contributed by atoms with Gasteiger partial charge in [-0.3, -0.25) is 9.78 Å². The van der Waals surface area contributed by atoms with Gasteiger partial charge in [-0.15, -0.1) is 0 Å². The van der Waals surface area contributed by atoms with Crippen LogP contribution in [0.2, 0.25) is 0 Å². The molecular formula is C12H15F3N2O. The zero-order chi connectivity index (χ0) is 14.1. The molecular weight excluding hydrogens is 245 g/mol. The molecule has 1 N–H and O–H groups in total. The van der Waals surface area contributed by atoms with E-state index in [9.17, 15) is 18.0 Å². The highest BCUT2D eigenvalue weighted by Gasteiger charge is 2.38. The number of pyridine rings is 1. The molecule has 1 rings (SSSR count). The van der Waals surface area contributed by atoms with Crippen LogP contribution in [-0.2, 0) is 11.6 Å². The number of halogens is 3. The van der Waals surface area contributed by atoms with Crippen LogP contribution in [0.5, 0.6) is 0 Å². The summed E-state index contributed by atoms with van der Waals surface area (Å²) in [4.78, 5) is 14.8. The Morgan fingerprint density at radius 1 is 1.28 bits per heavy atom. The zero-order valence-electron chi connectivity index (χ0n) is 10.6. The molecule has 1 heterocycles. The van der Waals surface area contributed by atoms with Crippen molar-refractivity contribution in [2.45, 2.75) is 32.4 Å². The first-order valence-electron chi connectivity index (χ1n) is 5.37. The predicted octanol–water partition coefficient (Wildman–Crippen LogP) is 2.76. The van der Waals surface area contributed by atoms with E-state index in [4.69, 9.17) is 0 Å². The number of hydrogen-bond donors (Lipinski definition) is 1. The molecule has 0 fully saturated rings. The van der Waals surface area contributed by atoms with Crippen molar-refractivity contribution in [2.75, 3.05) is 7.05 Å². The van der Waals surface area contributed by atoms with E-state index in [-0.39, 0.29) is 11.1 Å². The van der Waals surface area contributed by atoms with Gasteiger partial charge in [0, 0.05) is 13.2 Å². The first-order chi connectivity index (χ1) is 8.07. The van der Waals surface area contributed by atoms with Crippen LogP contribution in [0.25, 0.3) is 0 Å². The first-order valence-corrected chi connectivity index (χ1v) is 5.37. The van der Waals surface area contributed by atoms with Crippen molar-refractivity contribution < 1.29 is 18.0 Å². The SMILES string of the molecule is CNC(=O)c1cnc(C(F)(F)F)c(C(C)(C)C)c1. The summed E-state index contributed by atoms with van der Waals surface area (Å²) in [6.45, 7) is 4.94. The molecule has 18 heavy (non-hydrogen) atoms. The molecule has 1 aromatic rings. The van der Waals surface area contributed by atoms with Gasteiger partial charge in [0.1, 0.15) is 5.69 Å². The van der Waals surface area contributed by atoms with Gasteiger partial charge in [-0.1, -0.05) is 20.8 Å². The van der Waals surface area contributed by atoms with Gasteiger partial charge in [0.2, 0.25) is 0 Å². The van der Waals surface area contributed by atoms with E-state index in [1.54, 1.807) is 20.8 Å². The molecule has 0 spiro atoms. The molecule has 0 unspecified atom stereocenters. The molecule has 1 aromatic heterocycles. The van der Waals surface area contributed by atoms with Gasteiger partial charge in [0.25, 0.3) is 5.91 Å². The van der Waals surface area contributed by atoms with E-state index in [0.29, 0.717) is 0 Å². The minimum atomic E-state index is -4.52. The van der Waals surface area contributed by atoms with Crippen molar-refractivity contribution in [1.82, 2.24) is 10.3 Å². The number of nitrogens with zero attached hydrogens (tertiary/aromatic N) is 1. The fraction of sp³-hybridized carbons (Fsp3) is 0.500. The van der Waals surface area contributed by atoms with Gasteiger partial charge in [-0.2, -0.15) is 13.2 Å². The molecule has 0 aliphatic rings. The summed E-state index contributed by atoms with van der Waals surface area (Å²) in [5.74, 6) is -0.457. The van der Waals surface area contributed by atoms with Gasteiger partial charge in [0.15, 0.2) is 0 Å². The highest BCUT2D eigenvalue weighted by atomic mass is 19.4. The van der Waals surface area contributed by atoms with Crippen LogP contribution in [0.4, 0.5) is 13.2 Å². The summed E-state index contributed by atoms with van der Waals surface area (Å²) in [6, 6.07) is 1.24. The highest BCUT2D eigenvalue weighted by Crippen LogP contribution is 2.36. The third-order valence-corrected chi connectivity index (χ3v) is 2.45. The third kappa shape index (κ3) is 3.00. The number of carbonyl (C=O) groups excluding carboxylic acids is 1. The van der Waals surface area contributed by atoms with Gasteiger partial charge in [0.05, 0.1) is 5.56 Å². The first kappa shape index (κ1) is 14.5. The Balaban J connectivity index is 3.45. The van der Waals surface area contributed by atoms with Crippen molar-refractivity contribution >= 4 is 5.91 Å². The summed E-state index contributed by atoms with van der Waals surface area (Å²) in [5.41, 5.74) is -1.56. The second kappa shape index (κ2) is 4.59. The zero-order valence-corrected chi connectivity index (χ0v) is 10.6. The summed E-state index contributed by atoms with van der Waals surface area (Å²) in [7, 11) is 1.41. The van der Waals surface area contributed by atoms with Crippen LogP contribution in [0.1, 0.15) is 42.4 Å². The van der Waals surface area contributed by atoms with Crippen LogP contribution >= 0.6 is 0 Å². The second-order valence-corrected chi connectivity index (χ2v) is 4.95. The van der Waals surface area contributed by atoms with Crippen LogP contribution in [0.3, 0.4) is 0 Å². The number of carbonyl (C=O) groups is 1. The topological polar surface area (TPSA) is 42.0 Å². The van der Waals surface area contributed by atoms with E-state index in [0.717, 1.165) is 6.20 Å². The standard InChI is InChI=1S/C12H15F3N2O/c1-11(2,3)8-5-7(10(18)16-4)6-17-9(8)12(13,14)15/h5-6H,1-4H3,(H,16,18). The molecule has 6 heteroatoms. The third-order valence-electron chi connectivity index (χ3n) is 2.45. The van der Waals surface area contributed by atoms with Gasteiger partial charge in [-0.05, 0) is 17.0 Å². The Kier molecular flexibility index (Phi) is 3.69. The van der Waals surface area contributed by atoms with Crippen molar-refractivity contribution in [3.8, 4) is 0 Å². The Bertz CT molecular complexity index is 461. The number of rotatable bonds is 1. The number of aromatic nitrogens is 1. The second-order valence-electron chi connectivity index (χ2n) is 4.95. The molecule has 0 aliphatic heterocycles. The van der Waals surface area contributed by atoms with Gasteiger partial charge >= 0.3 is 6.18 Å². The highest BCUT2D eigenvalue weighted by molar-refractivity contribution is 5.93. The molecule has 0 aliphatic carbocycles. The fourth-order valence-corrected chi connectivity index (χ4v) is 1.53. The average Bonchev–Trinajstić information content (AvgIpc) is 2.24. The minimum Gasteiger partial charge on any atom is -0.355 e. The lowest BCUT2D eigenvalue weighted by Gasteiger charge is -2.23. The Hall–Kier alpha value is -1.59. The maximum absolute atomic E-state index is 12.8. The molecule has 0 bridgehead atoms. The quantitative estimate of drug-likeness (QED) is 0.843. The Morgan fingerprint density at radius 3 is 2.22 bits per heavy atom. The van der Waals surface area contributed by atoms with Crippen LogP contribution in [0, 0.1) is 0 Å². The summed E-state index contributed by atoms with van der Waals surface area (Å²) >= 11 is 0. The molecule has 0 saturated heterocycles. The lowest BCUT2D eigenvalue weighted by molar-refractivity contribution is -0.142. The maximum atomic E-state index is 12.8. The number of amides is 1. The monoisotopic (exact) mass is 260 g/mol. The average molecular weight is 260 g/mol. The molecule has 3 nitrogen and oxygen atoms in total. The number of nitrogens with one attached hydrogen (secondary N) is 1. The van der Waals surface area contributed by atoms with Gasteiger partial charge < -0.3 is 5.32 Å². The van der Waals surface area contributed by atoms with E-state index < -0.39 is 23.2 Å². The summed E-state index contributed by atoms with van der Waals surface area (Å²) in [6.07, 6.45) is -3.58. The van der Waals surface area contributed by atoms with Crippen molar-refractivity contribution in [1.29, 1.82) is 0 Å². The maximum Gasteiger partial charge on any atom is 0.433 e. The number of alkyl halides is 3. The molecule has 0 saturated carbocycles. The Morgan fingerprint density at radius 2 is 1.83 bits per heavy atom. The van der Waals surface area contributed by atoms with E-state index in [1.807, 2.05) is 0 Å². The molecule has 0 radical (unpaired) electrons. The van der Waals surface area contributed by atoms with Crippen molar-refractivity contribution in [3.63, 3.8) is 0 Å². The predicted molar refractivity (Wildman–Crippen MR) is 61.3 cm³/mol. The van der Waals surface area contributed by atoms with Crippen LogP contribution in [0.15, 0.2) is 12.3 Å². The Labute approximate surface area is 103 Å². The van der Waals surface area contributed by atoms with E-state index in [1.165, 1.54) is 13.1 Å². The smallest absolute Gasteiger partial charge is 0.355 e. The summed E-state index contributed by atoms with van der Waals surface area (Å²) in [5, 5.41) is 2.36. The van der Waals surface area contributed by atoms with Crippen LogP contribution < -0.4 is 5.32 Å². The van der Waals surface area contributed by atoms with E-state index >= 15 is 0 Å². The molecule has 1 amide bonds. The molecule has 0 atom stereocenters. The minimum absolute atomic E-state index is 0.0103. The number of hydrogen-bond acceptors (Lipinski definition) is 2. The summed E-state index contributed by atoms with van der Waals surface area (Å²) < 4.78 is 38.5. The lowest BCUT2D eigenvalue weighted by Crippen LogP contribution is -2.24. The van der Waals surface area contributed by atoms with Crippen molar-refractivity contribution in [3.05, 3.63) is 29.1 Å². The molecule has 100 valence electrons. The normalized spacial score (nSPS) is 12.4. The van der Waals surface area contributed by atoms with E-state index in [2.05, 4.69) is 10.3 Å². The molecule has 0 aromatic carbocycles. The lowest BCUT2D eigenvalue weighted by atomic mass is 9.85. The largest absolute Gasteiger partial charge is 0.433 e. The van der Waals surface area contributed by atoms with Crippen LogP contribution in [-0.4, -0.2) is 17.9 Å².